The maximum absolute atomic E-state index is 13.8. The van der Waals surface area contributed by atoms with Gasteiger partial charge < -0.3 is 5.32 Å². The predicted octanol–water partition coefficient (Wildman–Crippen LogP) is 5.76. The molecule has 0 unspecified atom stereocenters. The highest BCUT2D eigenvalue weighted by Crippen LogP contribution is 2.33. The van der Waals surface area contributed by atoms with Gasteiger partial charge >= 0.3 is 0 Å². The maximum atomic E-state index is 13.8. The molecule has 1 amide bonds. The Hall–Kier alpha value is -3.49. The van der Waals surface area contributed by atoms with Crippen molar-refractivity contribution in [3.8, 4) is 0 Å². The molecule has 184 valence electrons. The van der Waals surface area contributed by atoms with E-state index in [0.717, 1.165) is 33.7 Å². The van der Waals surface area contributed by atoms with E-state index in [4.69, 9.17) is 0 Å². The molecular formula is C28H28FN5OS. The molecule has 0 atom stereocenters. The van der Waals surface area contributed by atoms with Crippen LogP contribution >= 0.6 is 11.8 Å². The lowest BCUT2D eigenvalue weighted by molar-refractivity contribution is 0.0952. The number of benzene rings is 2. The van der Waals surface area contributed by atoms with Crippen LogP contribution in [-0.4, -0.2) is 45.6 Å². The third kappa shape index (κ3) is 5.66. The number of rotatable bonds is 8. The predicted molar refractivity (Wildman–Crippen MR) is 142 cm³/mol. The summed E-state index contributed by atoms with van der Waals surface area (Å²) in [5, 5.41) is 11.3. The SMILES string of the molecule is CCNC(=O)c1cc(F)ccc1Sc1ccc2c(/C=C/c3ccc(CN4CCCC4)cn3)n[nH]c2c1. The fraction of sp³-hybridized carbons (Fsp3) is 0.250. The average Bonchev–Trinajstić information content (AvgIpc) is 3.54. The minimum absolute atomic E-state index is 0.285. The first-order valence-corrected chi connectivity index (χ1v) is 13.0. The Kier molecular flexibility index (Phi) is 7.44. The number of carbonyl (C=O) groups excluding carboxylic acids is 1. The molecule has 1 aliphatic heterocycles. The highest BCUT2D eigenvalue weighted by Gasteiger charge is 2.14. The molecule has 2 aromatic heterocycles. The number of nitrogens with one attached hydrogen (secondary N) is 2. The smallest absolute Gasteiger partial charge is 0.252 e. The minimum Gasteiger partial charge on any atom is -0.352 e. The van der Waals surface area contributed by atoms with Crippen LogP contribution in [0.25, 0.3) is 23.1 Å². The number of amides is 1. The quantitative estimate of drug-likeness (QED) is 0.321. The van der Waals surface area contributed by atoms with Crippen molar-refractivity contribution in [3.05, 3.63) is 83.1 Å². The van der Waals surface area contributed by atoms with E-state index in [1.54, 1.807) is 6.07 Å². The summed E-state index contributed by atoms with van der Waals surface area (Å²) in [7, 11) is 0. The summed E-state index contributed by atoms with van der Waals surface area (Å²) in [6.07, 6.45) is 8.45. The summed E-state index contributed by atoms with van der Waals surface area (Å²) in [5.74, 6) is -0.719. The highest BCUT2D eigenvalue weighted by atomic mass is 32.2. The van der Waals surface area contributed by atoms with Gasteiger partial charge in [0.2, 0.25) is 0 Å². The largest absolute Gasteiger partial charge is 0.352 e. The number of H-pyrrole nitrogens is 1. The highest BCUT2D eigenvalue weighted by molar-refractivity contribution is 7.99. The zero-order chi connectivity index (χ0) is 24.9. The molecule has 8 heteroatoms. The normalized spacial score (nSPS) is 14.2. The van der Waals surface area contributed by atoms with Gasteiger partial charge in [-0.25, -0.2) is 4.39 Å². The van der Waals surface area contributed by atoms with E-state index in [1.807, 2.05) is 49.5 Å². The van der Waals surface area contributed by atoms with Crippen molar-refractivity contribution in [1.82, 2.24) is 25.4 Å². The Labute approximate surface area is 214 Å². The molecule has 3 heterocycles. The molecule has 0 aliphatic carbocycles. The van der Waals surface area contributed by atoms with Crippen molar-refractivity contribution in [1.29, 1.82) is 0 Å². The lowest BCUT2D eigenvalue weighted by Gasteiger charge is -2.13. The molecule has 0 radical (unpaired) electrons. The second kappa shape index (κ2) is 11.1. The van der Waals surface area contributed by atoms with Gasteiger partial charge in [-0.1, -0.05) is 17.8 Å². The van der Waals surface area contributed by atoms with Crippen LogP contribution in [0.4, 0.5) is 4.39 Å². The van der Waals surface area contributed by atoms with Crippen molar-refractivity contribution in [2.45, 2.75) is 36.1 Å². The van der Waals surface area contributed by atoms with Gasteiger partial charge in [-0.3, -0.25) is 19.8 Å². The molecule has 4 aromatic rings. The van der Waals surface area contributed by atoms with Crippen molar-refractivity contribution in [3.63, 3.8) is 0 Å². The molecular weight excluding hydrogens is 473 g/mol. The van der Waals surface area contributed by atoms with Crippen LogP contribution in [0.3, 0.4) is 0 Å². The van der Waals surface area contributed by atoms with E-state index in [2.05, 4.69) is 31.5 Å². The van der Waals surface area contributed by atoms with Gasteiger partial charge in [0.15, 0.2) is 0 Å². The van der Waals surface area contributed by atoms with Gasteiger partial charge in [-0.2, -0.15) is 5.10 Å². The molecule has 36 heavy (non-hydrogen) atoms. The van der Waals surface area contributed by atoms with Crippen molar-refractivity contribution in [2.75, 3.05) is 19.6 Å². The number of nitrogens with zero attached hydrogens (tertiary/aromatic N) is 3. The number of hydrogen-bond acceptors (Lipinski definition) is 5. The lowest BCUT2D eigenvalue weighted by Crippen LogP contribution is -2.23. The zero-order valence-electron chi connectivity index (χ0n) is 20.1. The van der Waals surface area contributed by atoms with Crippen LogP contribution in [0.2, 0.25) is 0 Å². The maximum Gasteiger partial charge on any atom is 0.252 e. The fourth-order valence-electron chi connectivity index (χ4n) is 4.35. The second-order valence-corrected chi connectivity index (χ2v) is 9.94. The molecule has 1 fully saturated rings. The van der Waals surface area contributed by atoms with E-state index in [-0.39, 0.29) is 5.91 Å². The first-order chi connectivity index (χ1) is 17.6. The van der Waals surface area contributed by atoms with Gasteiger partial charge in [0.05, 0.1) is 22.5 Å². The Balaban J connectivity index is 1.30. The molecule has 5 rings (SSSR count). The molecule has 0 spiro atoms. The Bertz CT molecular complexity index is 1390. The summed E-state index contributed by atoms with van der Waals surface area (Å²) in [5.41, 5.74) is 4.16. The third-order valence-corrected chi connectivity index (χ3v) is 7.25. The topological polar surface area (TPSA) is 73.9 Å². The molecule has 2 N–H and O–H groups in total. The third-order valence-electron chi connectivity index (χ3n) is 6.18. The molecule has 1 aliphatic rings. The van der Waals surface area contributed by atoms with Crippen LogP contribution in [0.1, 0.15) is 47.1 Å². The van der Waals surface area contributed by atoms with Crippen LogP contribution < -0.4 is 5.32 Å². The second-order valence-electron chi connectivity index (χ2n) is 8.83. The first-order valence-electron chi connectivity index (χ1n) is 12.2. The summed E-state index contributed by atoms with van der Waals surface area (Å²) in [4.78, 5) is 21.1. The van der Waals surface area contributed by atoms with E-state index >= 15 is 0 Å². The molecule has 0 bridgehead atoms. The van der Waals surface area contributed by atoms with Crippen molar-refractivity contribution in [2.24, 2.45) is 0 Å². The van der Waals surface area contributed by atoms with Crippen LogP contribution in [0.15, 0.2) is 64.5 Å². The van der Waals surface area contributed by atoms with E-state index in [0.29, 0.717) is 17.0 Å². The number of aromatic nitrogens is 3. The average molecular weight is 502 g/mol. The summed E-state index contributed by atoms with van der Waals surface area (Å²) in [6.45, 7) is 5.63. The molecule has 2 aromatic carbocycles. The summed E-state index contributed by atoms with van der Waals surface area (Å²) < 4.78 is 13.8. The fourth-order valence-corrected chi connectivity index (χ4v) is 5.32. The number of aromatic amines is 1. The van der Waals surface area contributed by atoms with Crippen LogP contribution in [-0.2, 0) is 6.54 Å². The molecule has 0 saturated carbocycles. The Morgan fingerprint density at radius 3 is 2.78 bits per heavy atom. The number of halogens is 1. The lowest BCUT2D eigenvalue weighted by atomic mass is 10.2. The molecule has 1 saturated heterocycles. The van der Waals surface area contributed by atoms with Gasteiger partial charge in [-0.05, 0) is 93.0 Å². The van der Waals surface area contributed by atoms with Crippen molar-refractivity contribution >= 4 is 40.7 Å². The number of pyridine rings is 1. The van der Waals surface area contributed by atoms with E-state index in [9.17, 15) is 9.18 Å². The zero-order valence-corrected chi connectivity index (χ0v) is 20.9. The van der Waals surface area contributed by atoms with Crippen LogP contribution in [0.5, 0.6) is 0 Å². The van der Waals surface area contributed by atoms with Gasteiger partial charge in [0, 0.05) is 34.5 Å². The summed E-state index contributed by atoms with van der Waals surface area (Å²) in [6, 6.07) is 14.4. The molecule has 6 nitrogen and oxygen atoms in total. The standard InChI is InChI=1S/C28H28FN5OS/c1-2-30-28(35)24-15-20(29)6-12-27(24)36-22-9-10-23-25(32-33-26(23)16-22)11-8-21-7-5-19(17-31-21)18-34-13-3-4-14-34/h5-12,15-17H,2-4,13-14,18H2,1H3,(H,30,35)(H,32,33)/b11-8+. The van der Waals surface area contributed by atoms with E-state index in [1.165, 1.54) is 55.4 Å². The van der Waals surface area contributed by atoms with E-state index < -0.39 is 5.82 Å². The Morgan fingerprint density at radius 2 is 2.00 bits per heavy atom. The minimum atomic E-state index is -0.434. The monoisotopic (exact) mass is 501 g/mol. The van der Waals surface area contributed by atoms with Crippen molar-refractivity contribution < 1.29 is 9.18 Å². The first kappa shape index (κ1) is 24.2. The number of fused-ring (bicyclic) bond motifs is 1. The number of carbonyl (C=O) groups is 1. The van der Waals surface area contributed by atoms with Gasteiger partial charge in [0.1, 0.15) is 5.82 Å². The summed E-state index contributed by atoms with van der Waals surface area (Å²) >= 11 is 1.42. The number of hydrogen-bond donors (Lipinski definition) is 2. The number of likely N-dealkylation sites (tertiary alicyclic amines) is 1. The van der Waals surface area contributed by atoms with Gasteiger partial charge in [-0.15, -0.1) is 0 Å². The van der Waals surface area contributed by atoms with Crippen LogP contribution in [0, 0.1) is 5.82 Å². The van der Waals surface area contributed by atoms with Gasteiger partial charge in [0.25, 0.3) is 5.91 Å². The Morgan fingerprint density at radius 1 is 1.14 bits per heavy atom.